The largest absolute Gasteiger partial charge is 0.365 e. The van der Waals surface area contributed by atoms with E-state index in [2.05, 4.69) is 57.9 Å². The molecule has 116 valence electrons. The monoisotopic (exact) mass is 278 g/mol. The first kappa shape index (κ1) is 17.3. The van der Waals surface area contributed by atoms with Crippen LogP contribution in [0.3, 0.4) is 0 Å². The Hall–Kier alpha value is -0.760. The molecule has 0 saturated carbocycles. The van der Waals surface area contributed by atoms with E-state index in [1.54, 1.807) is 0 Å². The topological polar surface area (TPSA) is 27.8 Å². The van der Waals surface area contributed by atoms with Crippen LogP contribution in [0.1, 0.15) is 58.7 Å². The zero-order chi connectivity index (χ0) is 15.1. The summed E-state index contributed by atoms with van der Waals surface area (Å²) < 4.78 is 0. The maximum absolute atomic E-state index is 3.48. The van der Waals surface area contributed by atoms with Crippen LogP contribution in [-0.4, -0.2) is 17.6 Å². The molecule has 0 radical (unpaired) electrons. The summed E-state index contributed by atoms with van der Waals surface area (Å²) in [5.41, 5.74) is 2.77. The molecule has 3 atom stereocenters. The molecule has 0 amide bonds. The molecule has 1 aromatic heterocycles. The first-order chi connectivity index (χ1) is 9.45. The molecule has 2 rings (SSSR count). The first-order valence-corrected chi connectivity index (χ1v) is 8.31. The second kappa shape index (κ2) is 8.51. The Bertz CT molecular complexity index is 367. The summed E-state index contributed by atoms with van der Waals surface area (Å²) in [6, 6.07) is 2.88. The summed E-state index contributed by atoms with van der Waals surface area (Å²) in [6.07, 6.45) is 5.89. The summed E-state index contributed by atoms with van der Waals surface area (Å²) in [5.74, 6) is 2.59. The van der Waals surface area contributed by atoms with Gasteiger partial charge in [-0.1, -0.05) is 34.1 Å². The summed E-state index contributed by atoms with van der Waals surface area (Å²) in [7, 11) is 0. The minimum Gasteiger partial charge on any atom is -0.365 e. The molecule has 2 heterocycles. The second-order valence-electron chi connectivity index (χ2n) is 6.82. The lowest BCUT2D eigenvalue weighted by atomic mass is 9.87. The van der Waals surface area contributed by atoms with Crippen LogP contribution in [0.2, 0.25) is 0 Å². The molecule has 1 aliphatic heterocycles. The highest BCUT2D eigenvalue weighted by atomic mass is 14.9. The van der Waals surface area contributed by atoms with Gasteiger partial charge in [0.05, 0.1) is 0 Å². The van der Waals surface area contributed by atoms with Gasteiger partial charge in [0.25, 0.3) is 0 Å². The van der Waals surface area contributed by atoms with Crippen molar-refractivity contribution in [1.29, 1.82) is 0 Å². The number of nitrogens with one attached hydrogen (secondary N) is 2. The van der Waals surface area contributed by atoms with Crippen LogP contribution < -0.4 is 5.32 Å². The molecule has 1 aromatic rings. The molecule has 1 fully saturated rings. The lowest BCUT2D eigenvalue weighted by Crippen LogP contribution is -2.26. The number of hydrogen-bond donors (Lipinski definition) is 2. The van der Waals surface area contributed by atoms with E-state index >= 15 is 0 Å². The third kappa shape index (κ3) is 5.32. The number of aromatic amines is 1. The smallest absolute Gasteiger partial charge is 0.0179 e. The highest BCUT2D eigenvalue weighted by molar-refractivity contribution is 5.18. The molecule has 20 heavy (non-hydrogen) atoms. The first-order valence-electron chi connectivity index (χ1n) is 8.31. The quantitative estimate of drug-likeness (QED) is 0.830. The molecule has 0 aromatic carbocycles. The van der Waals surface area contributed by atoms with E-state index in [9.17, 15) is 0 Å². The molecule has 1 aliphatic rings. The highest BCUT2D eigenvalue weighted by Gasteiger charge is 2.26. The Kier molecular flexibility index (Phi) is 7.36. The normalized spacial score (nSPS) is 23.6. The fourth-order valence-electron chi connectivity index (χ4n) is 3.07. The van der Waals surface area contributed by atoms with Gasteiger partial charge in [-0.3, -0.25) is 0 Å². The molecule has 3 unspecified atom stereocenters. The van der Waals surface area contributed by atoms with Gasteiger partial charge in [0.15, 0.2) is 0 Å². The van der Waals surface area contributed by atoms with Gasteiger partial charge in [-0.2, -0.15) is 0 Å². The molecule has 1 saturated heterocycles. The van der Waals surface area contributed by atoms with Crippen LogP contribution >= 0.6 is 0 Å². The van der Waals surface area contributed by atoms with Gasteiger partial charge in [-0.15, -0.1) is 0 Å². The molecule has 2 nitrogen and oxygen atoms in total. The Morgan fingerprint density at radius 3 is 2.40 bits per heavy atom. The second-order valence-corrected chi connectivity index (χ2v) is 6.82. The van der Waals surface area contributed by atoms with E-state index in [0.29, 0.717) is 0 Å². The summed E-state index contributed by atoms with van der Waals surface area (Å²) >= 11 is 0. The SMILES string of the molecule is CCC(C)C1CCNC1C.Cc1cc[nH]c1CC(C)C. The van der Waals surface area contributed by atoms with Gasteiger partial charge >= 0.3 is 0 Å². The minimum atomic E-state index is 0.748. The van der Waals surface area contributed by atoms with Crippen molar-refractivity contribution in [3.63, 3.8) is 0 Å². The van der Waals surface area contributed by atoms with Crippen LogP contribution in [0.25, 0.3) is 0 Å². The van der Waals surface area contributed by atoms with Crippen molar-refractivity contribution < 1.29 is 0 Å². The Morgan fingerprint density at radius 2 is 2.00 bits per heavy atom. The average Bonchev–Trinajstić information content (AvgIpc) is 2.98. The predicted molar refractivity (Wildman–Crippen MR) is 89.1 cm³/mol. The number of hydrogen-bond acceptors (Lipinski definition) is 1. The predicted octanol–water partition coefficient (Wildman–Crippen LogP) is 4.55. The van der Waals surface area contributed by atoms with Gasteiger partial charge in [-0.05, 0) is 62.6 Å². The average molecular weight is 278 g/mol. The van der Waals surface area contributed by atoms with Crippen molar-refractivity contribution in [3.05, 3.63) is 23.5 Å². The molecule has 0 aliphatic carbocycles. The zero-order valence-corrected chi connectivity index (χ0v) is 14.3. The molecule has 0 spiro atoms. The molecule has 2 heteroatoms. The van der Waals surface area contributed by atoms with Crippen molar-refractivity contribution in [3.8, 4) is 0 Å². The number of aromatic nitrogens is 1. The maximum atomic E-state index is 3.48. The summed E-state index contributed by atoms with van der Waals surface area (Å²) in [6.45, 7) is 14.8. The standard InChI is InChI=1S/C9H15N.C9H19N/c1-7(2)6-9-8(3)4-5-10-9;1-4-7(2)9-5-6-10-8(9)3/h4-5,7,10H,6H2,1-3H3;7-10H,4-6H2,1-3H3. The van der Waals surface area contributed by atoms with Gasteiger partial charge in [0, 0.05) is 17.9 Å². The number of H-pyrrole nitrogens is 1. The van der Waals surface area contributed by atoms with Gasteiger partial charge in [0.2, 0.25) is 0 Å². The van der Waals surface area contributed by atoms with E-state index in [1.807, 2.05) is 6.20 Å². The van der Waals surface area contributed by atoms with Crippen molar-refractivity contribution in [2.75, 3.05) is 6.54 Å². The molecule has 0 bridgehead atoms. The lowest BCUT2D eigenvalue weighted by Gasteiger charge is -2.21. The van der Waals surface area contributed by atoms with Crippen LogP contribution in [0.15, 0.2) is 12.3 Å². The van der Waals surface area contributed by atoms with Crippen LogP contribution in [0, 0.1) is 24.7 Å². The third-order valence-corrected chi connectivity index (χ3v) is 4.64. The van der Waals surface area contributed by atoms with Gasteiger partial charge < -0.3 is 10.3 Å². The molecular weight excluding hydrogens is 244 g/mol. The van der Waals surface area contributed by atoms with Crippen molar-refractivity contribution in [2.24, 2.45) is 17.8 Å². The third-order valence-electron chi connectivity index (χ3n) is 4.64. The van der Waals surface area contributed by atoms with E-state index in [-0.39, 0.29) is 0 Å². The van der Waals surface area contributed by atoms with Crippen molar-refractivity contribution in [2.45, 2.75) is 66.8 Å². The van der Waals surface area contributed by atoms with Crippen LogP contribution in [0.5, 0.6) is 0 Å². The zero-order valence-electron chi connectivity index (χ0n) is 14.3. The van der Waals surface area contributed by atoms with E-state index in [0.717, 1.165) is 23.8 Å². The Labute approximate surface area is 125 Å². The minimum absolute atomic E-state index is 0.748. The number of rotatable bonds is 4. The van der Waals surface area contributed by atoms with Crippen LogP contribution in [0.4, 0.5) is 0 Å². The van der Waals surface area contributed by atoms with Crippen molar-refractivity contribution >= 4 is 0 Å². The molecular formula is C18H34N2. The van der Waals surface area contributed by atoms with Gasteiger partial charge in [0.1, 0.15) is 0 Å². The lowest BCUT2D eigenvalue weighted by molar-refractivity contribution is 0.325. The van der Waals surface area contributed by atoms with Crippen molar-refractivity contribution in [1.82, 2.24) is 10.3 Å². The fourth-order valence-corrected chi connectivity index (χ4v) is 3.07. The maximum Gasteiger partial charge on any atom is 0.0179 e. The van der Waals surface area contributed by atoms with Gasteiger partial charge in [-0.25, -0.2) is 0 Å². The number of aryl methyl sites for hydroxylation is 1. The Morgan fingerprint density at radius 1 is 1.30 bits per heavy atom. The summed E-state index contributed by atoms with van der Waals surface area (Å²) in [5, 5.41) is 3.48. The van der Waals surface area contributed by atoms with E-state index in [1.165, 1.54) is 37.1 Å². The van der Waals surface area contributed by atoms with E-state index in [4.69, 9.17) is 0 Å². The summed E-state index contributed by atoms with van der Waals surface area (Å²) in [4.78, 5) is 3.24. The highest BCUT2D eigenvalue weighted by Crippen LogP contribution is 2.25. The molecule has 2 N–H and O–H groups in total. The van der Waals surface area contributed by atoms with E-state index < -0.39 is 0 Å². The fraction of sp³-hybridized carbons (Fsp3) is 0.778. The Balaban J connectivity index is 0.000000200. The van der Waals surface area contributed by atoms with Crippen LogP contribution in [-0.2, 0) is 6.42 Å².